The maximum absolute atomic E-state index is 13.5. The molecule has 2 N–H and O–H groups in total. The summed E-state index contributed by atoms with van der Waals surface area (Å²) in [5.74, 6) is 0.104. The molecule has 0 aliphatic carbocycles. The summed E-state index contributed by atoms with van der Waals surface area (Å²) in [7, 11) is 0. The molecule has 2 nitrogen and oxygen atoms in total. The molecule has 0 saturated carbocycles. The van der Waals surface area contributed by atoms with Crippen molar-refractivity contribution in [1.82, 2.24) is 0 Å². The topological polar surface area (TPSA) is 35.2 Å². The van der Waals surface area contributed by atoms with Gasteiger partial charge in [0, 0.05) is 21.7 Å². The number of ether oxygens (including phenoxy) is 1. The molecule has 0 fully saturated rings. The molecule has 5 heteroatoms. The second-order valence-electron chi connectivity index (χ2n) is 4.36. The van der Waals surface area contributed by atoms with E-state index in [0.29, 0.717) is 28.8 Å². The third kappa shape index (κ3) is 4.10. The number of nitrogens with two attached hydrogens (primary N) is 1. The Hall–Kier alpha value is -1.29. The van der Waals surface area contributed by atoms with Crippen molar-refractivity contribution in [3.63, 3.8) is 0 Å². The molecule has 0 radical (unpaired) electrons. The van der Waals surface area contributed by atoms with Crippen LogP contribution in [0.1, 0.15) is 11.1 Å². The van der Waals surface area contributed by atoms with Gasteiger partial charge in [0.1, 0.15) is 18.2 Å². The van der Waals surface area contributed by atoms with Crippen molar-refractivity contribution in [2.75, 3.05) is 6.54 Å². The van der Waals surface area contributed by atoms with E-state index in [2.05, 4.69) is 0 Å². The first-order valence-electron chi connectivity index (χ1n) is 6.15. The molecule has 0 aromatic heterocycles. The Bertz CT molecular complexity index is 604. The number of benzene rings is 2. The summed E-state index contributed by atoms with van der Waals surface area (Å²) in [5.41, 5.74) is 7.03. The first-order chi connectivity index (χ1) is 9.58. The minimum absolute atomic E-state index is 0.227. The summed E-state index contributed by atoms with van der Waals surface area (Å²) in [6.07, 6.45) is 0.603. The van der Waals surface area contributed by atoms with Crippen molar-refractivity contribution in [2.24, 2.45) is 5.73 Å². The number of halogens is 3. The van der Waals surface area contributed by atoms with E-state index < -0.39 is 0 Å². The fourth-order valence-corrected chi connectivity index (χ4v) is 2.20. The highest BCUT2D eigenvalue weighted by atomic mass is 35.5. The van der Waals surface area contributed by atoms with Crippen molar-refractivity contribution in [3.8, 4) is 5.75 Å². The molecule has 0 atom stereocenters. The van der Waals surface area contributed by atoms with Crippen molar-refractivity contribution < 1.29 is 9.13 Å². The summed E-state index contributed by atoms with van der Waals surface area (Å²) in [6, 6.07) is 9.69. The SMILES string of the molecule is NCCc1cc(F)cc(OCc2cc(Cl)ccc2Cl)c1. The summed E-state index contributed by atoms with van der Waals surface area (Å²) >= 11 is 11.9. The zero-order chi connectivity index (χ0) is 14.5. The summed E-state index contributed by atoms with van der Waals surface area (Å²) in [6.45, 7) is 0.688. The van der Waals surface area contributed by atoms with Gasteiger partial charge in [-0.3, -0.25) is 0 Å². The lowest BCUT2D eigenvalue weighted by Gasteiger charge is -2.10. The molecule has 0 unspecified atom stereocenters. The minimum atomic E-state index is -0.344. The normalized spacial score (nSPS) is 10.6. The molecular formula is C15H14Cl2FNO. The van der Waals surface area contributed by atoms with Gasteiger partial charge in [-0.1, -0.05) is 23.2 Å². The van der Waals surface area contributed by atoms with Gasteiger partial charge in [0.05, 0.1) is 0 Å². The third-order valence-electron chi connectivity index (χ3n) is 2.77. The smallest absolute Gasteiger partial charge is 0.127 e. The average molecular weight is 314 g/mol. The van der Waals surface area contributed by atoms with Crippen LogP contribution in [0.4, 0.5) is 4.39 Å². The summed E-state index contributed by atoms with van der Waals surface area (Å²) in [4.78, 5) is 0. The van der Waals surface area contributed by atoms with Crippen molar-refractivity contribution in [3.05, 3.63) is 63.4 Å². The predicted molar refractivity (Wildman–Crippen MR) is 80.0 cm³/mol. The Morgan fingerprint density at radius 3 is 2.65 bits per heavy atom. The second-order valence-corrected chi connectivity index (χ2v) is 5.20. The largest absolute Gasteiger partial charge is 0.489 e. The summed E-state index contributed by atoms with van der Waals surface area (Å²) < 4.78 is 19.0. The number of hydrogen-bond donors (Lipinski definition) is 1. The minimum Gasteiger partial charge on any atom is -0.489 e. The number of rotatable bonds is 5. The van der Waals surface area contributed by atoms with Crippen LogP contribution < -0.4 is 10.5 Å². The van der Waals surface area contributed by atoms with Gasteiger partial charge in [-0.15, -0.1) is 0 Å². The standard InChI is InChI=1S/C15H14Cl2FNO/c16-12-1-2-15(17)11(7-12)9-20-14-6-10(3-4-19)5-13(18)8-14/h1-2,5-8H,3-4,9,19H2. The fraction of sp³-hybridized carbons (Fsp3) is 0.200. The van der Waals surface area contributed by atoms with Crippen LogP contribution in [0, 0.1) is 5.82 Å². The molecule has 0 aliphatic rings. The highest BCUT2D eigenvalue weighted by Crippen LogP contribution is 2.23. The van der Waals surface area contributed by atoms with Gasteiger partial charge in [0.2, 0.25) is 0 Å². The zero-order valence-corrected chi connectivity index (χ0v) is 12.2. The highest BCUT2D eigenvalue weighted by Gasteiger charge is 2.05. The van der Waals surface area contributed by atoms with E-state index in [4.69, 9.17) is 33.7 Å². The molecule has 0 saturated heterocycles. The molecule has 0 bridgehead atoms. The van der Waals surface area contributed by atoms with Gasteiger partial charge in [-0.05, 0) is 48.9 Å². The molecule has 0 spiro atoms. The van der Waals surface area contributed by atoms with Gasteiger partial charge in [-0.25, -0.2) is 4.39 Å². The van der Waals surface area contributed by atoms with Crippen LogP contribution in [-0.2, 0) is 13.0 Å². The van der Waals surface area contributed by atoms with Crippen LogP contribution in [0.3, 0.4) is 0 Å². The lowest BCUT2D eigenvalue weighted by Crippen LogP contribution is -2.04. The first-order valence-corrected chi connectivity index (χ1v) is 6.90. The second kappa shape index (κ2) is 6.93. The van der Waals surface area contributed by atoms with Gasteiger partial charge >= 0.3 is 0 Å². The van der Waals surface area contributed by atoms with E-state index in [1.165, 1.54) is 12.1 Å². The fourth-order valence-electron chi connectivity index (χ4n) is 1.83. The molecule has 2 aromatic rings. The van der Waals surface area contributed by atoms with E-state index in [0.717, 1.165) is 11.1 Å². The maximum Gasteiger partial charge on any atom is 0.127 e. The van der Waals surface area contributed by atoms with E-state index in [1.807, 2.05) is 0 Å². The van der Waals surface area contributed by atoms with Crippen LogP contribution in [0.2, 0.25) is 10.0 Å². The van der Waals surface area contributed by atoms with Crippen molar-refractivity contribution in [2.45, 2.75) is 13.0 Å². The van der Waals surface area contributed by atoms with E-state index in [9.17, 15) is 4.39 Å². The van der Waals surface area contributed by atoms with E-state index >= 15 is 0 Å². The monoisotopic (exact) mass is 313 g/mol. The maximum atomic E-state index is 13.5. The quantitative estimate of drug-likeness (QED) is 0.897. The Morgan fingerprint density at radius 2 is 1.90 bits per heavy atom. The molecule has 2 aromatic carbocycles. The average Bonchev–Trinajstić information content (AvgIpc) is 2.40. The van der Waals surface area contributed by atoms with E-state index in [-0.39, 0.29) is 12.4 Å². The summed E-state index contributed by atoms with van der Waals surface area (Å²) in [5, 5.41) is 1.14. The van der Waals surface area contributed by atoms with Crippen molar-refractivity contribution >= 4 is 23.2 Å². The molecule has 0 amide bonds. The van der Waals surface area contributed by atoms with Gasteiger partial charge < -0.3 is 10.5 Å². The first kappa shape index (κ1) is 15.1. The van der Waals surface area contributed by atoms with Gasteiger partial charge in [0.15, 0.2) is 0 Å². The molecule has 106 valence electrons. The lowest BCUT2D eigenvalue weighted by atomic mass is 10.1. The lowest BCUT2D eigenvalue weighted by molar-refractivity contribution is 0.304. The van der Waals surface area contributed by atoms with Gasteiger partial charge in [-0.2, -0.15) is 0 Å². The molecule has 2 rings (SSSR count). The Labute approximate surface area is 127 Å². The van der Waals surface area contributed by atoms with Crippen LogP contribution in [-0.4, -0.2) is 6.54 Å². The molecular weight excluding hydrogens is 300 g/mol. The number of hydrogen-bond acceptors (Lipinski definition) is 2. The molecule has 0 heterocycles. The van der Waals surface area contributed by atoms with Crippen LogP contribution in [0.15, 0.2) is 36.4 Å². The Balaban J connectivity index is 2.12. The van der Waals surface area contributed by atoms with Crippen molar-refractivity contribution in [1.29, 1.82) is 0 Å². The Kier molecular flexibility index (Phi) is 5.24. The highest BCUT2D eigenvalue weighted by molar-refractivity contribution is 6.33. The van der Waals surface area contributed by atoms with Gasteiger partial charge in [0.25, 0.3) is 0 Å². The Morgan fingerprint density at radius 1 is 1.10 bits per heavy atom. The zero-order valence-electron chi connectivity index (χ0n) is 10.7. The van der Waals surface area contributed by atoms with E-state index in [1.54, 1.807) is 24.3 Å². The van der Waals surface area contributed by atoms with Crippen LogP contribution in [0.5, 0.6) is 5.75 Å². The molecule has 20 heavy (non-hydrogen) atoms. The van der Waals surface area contributed by atoms with Crippen LogP contribution in [0.25, 0.3) is 0 Å². The predicted octanol–water partition coefficient (Wildman–Crippen LogP) is 4.21. The molecule has 0 aliphatic heterocycles. The van der Waals surface area contributed by atoms with Crippen LogP contribution >= 0.6 is 23.2 Å². The third-order valence-corrected chi connectivity index (χ3v) is 3.37.